The molecule has 0 aliphatic heterocycles. The highest BCUT2D eigenvalue weighted by atomic mass is 32.2. The van der Waals surface area contributed by atoms with E-state index in [0.717, 1.165) is 0 Å². The number of sulfonamides is 1. The third-order valence-corrected chi connectivity index (χ3v) is 9.28. The molecule has 0 aliphatic rings. The van der Waals surface area contributed by atoms with E-state index in [9.17, 15) is 50.7 Å². The van der Waals surface area contributed by atoms with Crippen molar-refractivity contribution in [3.05, 3.63) is 0 Å². The number of hydrogen-bond acceptors (Lipinski definition) is 12. The lowest BCUT2D eigenvalue weighted by molar-refractivity contribution is -0.144. The van der Waals surface area contributed by atoms with Crippen molar-refractivity contribution in [3.63, 3.8) is 0 Å². The molecule has 1 unspecified atom stereocenters. The van der Waals surface area contributed by atoms with E-state index in [1.807, 2.05) is 4.72 Å². The molecule has 0 bridgehead atoms. The Balaban J connectivity index is 4.24. The van der Waals surface area contributed by atoms with Gasteiger partial charge in [0.05, 0.1) is 31.3 Å². The topological polar surface area (TPSA) is 298 Å². The fraction of sp³-hybridized carbons (Fsp3) is 0.793. The molecule has 0 heterocycles. The molecule has 0 aliphatic carbocycles. The van der Waals surface area contributed by atoms with E-state index in [2.05, 4.69) is 16.0 Å². The SMILES string of the molecule is CCC(NC(=O)CC[C@H](NC(=O)COCCOCCNC(=O)CCCS(=O)(=O)NC(=O)CC(C)(C)CC(C)(C)CS(=O)(=O)O)C(=O)O)C(=O)O. The van der Waals surface area contributed by atoms with Gasteiger partial charge in [0.25, 0.3) is 10.1 Å². The van der Waals surface area contributed by atoms with E-state index in [4.69, 9.17) is 19.1 Å². The summed E-state index contributed by atoms with van der Waals surface area (Å²) in [5.41, 5.74) is -1.65. The van der Waals surface area contributed by atoms with Crippen LogP contribution in [0.15, 0.2) is 0 Å². The Kier molecular flexibility index (Phi) is 20.3. The lowest BCUT2D eigenvalue weighted by atomic mass is 9.74. The Morgan fingerprint density at radius 3 is 1.88 bits per heavy atom. The van der Waals surface area contributed by atoms with E-state index in [1.165, 1.54) is 0 Å². The molecule has 0 spiro atoms. The summed E-state index contributed by atoms with van der Waals surface area (Å²) in [6.45, 7) is 7.78. The van der Waals surface area contributed by atoms with Gasteiger partial charge in [0, 0.05) is 25.8 Å². The summed E-state index contributed by atoms with van der Waals surface area (Å²) < 4.78 is 68.6. The smallest absolute Gasteiger partial charge is 0.326 e. The molecule has 0 saturated carbocycles. The summed E-state index contributed by atoms with van der Waals surface area (Å²) in [5.74, 6) is -6.28. The van der Waals surface area contributed by atoms with Crippen LogP contribution in [0.1, 0.15) is 79.6 Å². The van der Waals surface area contributed by atoms with Gasteiger partial charge < -0.3 is 35.6 Å². The number of hydrogen-bond donors (Lipinski definition) is 7. The summed E-state index contributed by atoms with van der Waals surface area (Å²) in [6.07, 6.45) is -0.682. The molecule has 0 aromatic heterocycles. The van der Waals surface area contributed by atoms with Crippen LogP contribution < -0.4 is 20.7 Å². The molecule has 0 rings (SSSR count). The van der Waals surface area contributed by atoms with Gasteiger partial charge in [-0.2, -0.15) is 8.42 Å². The number of nitrogens with one attached hydrogen (secondary N) is 4. The van der Waals surface area contributed by atoms with Crippen molar-refractivity contribution in [2.45, 2.75) is 91.6 Å². The minimum absolute atomic E-state index is 0.0284. The van der Waals surface area contributed by atoms with Crippen molar-refractivity contribution in [1.29, 1.82) is 0 Å². The van der Waals surface area contributed by atoms with Crippen LogP contribution in [0.4, 0.5) is 0 Å². The van der Waals surface area contributed by atoms with Gasteiger partial charge in [0.2, 0.25) is 33.7 Å². The number of rotatable bonds is 27. The second-order valence-corrected chi connectivity index (χ2v) is 16.5. The van der Waals surface area contributed by atoms with Gasteiger partial charge in [-0.15, -0.1) is 0 Å². The molecule has 4 amide bonds. The number of ether oxygens (including phenoxy) is 2. The Bertz CT molecular complexity index is 1380. The first-order chi connectivity index (χ1) is 22.9. The standard InChI is InChI=1S/C29H52N4O15S2/c1-6-20(26(38)39)31-23(35)10-9-21(27(40)41)32-25(37)17-48-14-13-47-12-11-30-22(34)8-7-15-49(42,43)33-24(36)16-28(2,3)18-29(4,5)19-50(44,45)46/h20-21H,6-19H2,1-5H3,(H,30,34)(H,31,35)(H,32,37)(H,33,36)(H,38,39)(H,40,41)(H,44,45,46)/t20?,21-/m0/s1. The zero-order chi connectivity index (χ0) is 38.8. The molecule has 21 heteroatoms. The average Bonchev–Trinajstić information content (AvgIpc) is 2.91. The third-order valence-electron chi connectivity index (χ3n) is 6.76. The van der Waals surface area contributed by atoms with Crippen LogP contribution >= 0.6 is 0 Å². The van der Waals surface area contributed by atoms with E-state index in [0.29, 0.717) is 0 Å². The zero-order valence-electron chi connectivity index (χ0n) is 29.1. The molecule has 19 nitrogen and oxygen atoms in total. The largest absolute Gasteiger partial charge is 0.480 e. The first-order valence-electron chi connectivity index (χ1n) is 15.8. The molecule has 290 valence electrons. The maximum atomic E-state index is 12.4. The Hall–Kier alpha value is -3.40. The number of carbonyl (C=O) groups is 6. The van der Waals surface area contributed by atoms with Crippen molar-refractivity contribution < 1.29 is 69.8 Å². The summed E-state index contributed by atoms with van der Waals surface area (Å²) in [6, 6.07) is -2.50. The molecule has 7 N–H and O–H groups in total. The van der Waals surface area contributed by atoms with E-state index >= 15 is 0 Å². The highest BCUT2D eigenvalue weighted by Crippen LogP contribution is 2.37. The quantitative estimate of drug-likeness (QED) is 0.0407. The first kappa shape index (κ1) is 46.6. The number of carboxylic acid groups (broad SMARTS) is 2. The van der Waals surface area contributed by atoms with Crippen molar-refractivity contribution in [2.24, 2.45) is 10.8 Å². The van der Waals surface area contributed by atoms with E-state index in [-0.39, 0.29) is 71.3 Å². The van der Waals surface area contributed by atoms with Gasteiger partial charge in [-0.25, -0.2) is 18.0 Å². The predicted octanol–water partition coefficient (Wildman–Crippen LogP) is -0.589. The summed E-state index contributed by atoms with van der Waals surface area (Å²) in [7, 11) is -8.28. The van der Waals surface area contributed by atoms with Crippen LogP contribution in [-0.2, 0) is 58.4 Å². The maximum absolute atomic E-state index is 12.4. The van der Waals surface area contributed by atoms with Gasteiger partial charge in [-0.1, -0.05) is 34.6 Å². The fourth-order valence-corrected chi connectivity index (χ4v) is 7.27. The normalized spacial score (nSPS) is 13.5. The van der Waals surface area contributed by atoms with Crippen molar-refractivity contribution in [1.82, 2.24) is 20.7 Å². The fourth-order valence-electron chi connectivity index (χ4n) is 5.13. The second kappa shape index (κ2) is 21.7. The zero-order valence-corrected chi connectivity index (χ0v) is 30.7. The van der Waals surface area contributed by atoms with Gasteiger partial charge in [-0.3, -0.25) is 28.5 Å². The Morgan fingerprint density at radius 2 is 1.32 bits per heavy atom. The Labute approximate surface area is 292 Å². The maximum Gasteiger partial charge on any atom is 0.326 e. The second-order valence-electron chi connectivity index (χ2n) is 13.2. The molecule has 2 atom stereocenters. The number of aliphatic carboxylic acids is 2. The summed E-state index contributed by atoms with van der Waals surface area (Å²) in [4.78, 5) is 70.7. The number of amides is 4. The van der Waals surface area contributed by atoms with Gasteiger partial charge in [0.1, 0.15) is 18.7 Å². The highest BCUT2D eigenvalue weighted by molar-refractivity contribution is 7.90. The van der Waals surface area contributed by atoms with Gasteiger partial charge in [0.15, 0.2) is 0 Å². The van der Waals surface area contributed by atoms with Crippen molar-refractivity contribution >= 4 is 55.7 Å². The monoisotopic (exact) mass is 760 g/mol. The van der Waals surface area contributed by atoms with Gasteiger partial charge >= 0.3 is 11.9 Å². The summed E-state index contributed by atoms with van der Waals surface area (Å²) >= 11 is 0. The molecule has 50 heavy (non-hydrogen) atoms. The van der Waals surface area contributed by atoms with Crippen LogP contribution in [0.25, 0.3) is 0 Å². The van der Waals surface area contributed by atoms with E-state index < -0.39 is 96.7 Å². The van der Waals surface area contributed by atoms with E-state index in [1.54, 1.807) is 34.6 Å². The number of carbonyl (C=O) groups excluding carboxylic acids is 4. The predicted molar refractivity (Wildman–Crippen MR) is 178 cm³/mol. The minimum atomic E-state index is -4.24. The van der Waals surface area contributed by atoms with Crippen molar-refractivity contribution in [3.8, 4) is 0 Å². The lowest BCUT2D eigenvalue weighted by Crippen LogP contribution is -2.44. The minimum Gasteiger partial charge on any atom is -0.480 e. The molecule has 0 radical (unpaired) electrons. The van der Waals surface area contributed by atoms with Gasteiger partial charge in [-0.05, 0) is 36.5 Å². The summed E-state index contributed by atoms with van der Waals surface area (Å²) in [5, 5.41) is 25.3. The average molecular weight is 761 g/mol. The Morgan fingerprint density at radius 1 is 0.740 bits per heavy atom. The molecule has 0 aromatic carbocycles. The van der Waals surface area contributed by atoms with Crippen LogP contribution in [0.3, 0.4) is 0 Å². The molecular formula is C29H52N4O15S2. The molecule has 0 fully saturated rings. The highest BCUT2D eigenvalue weighted by Gasteiger charge is 2.34. The van der Waals surface area contributed by atoms with Crippen LogP contribution in [0.2, 0.25) is 0 Å². The molecular weight excluding hydrogens is 708 g/mol. The first-order valence-corrected chi connectivity index (χ1v) is 19.1. The number of carboxylic acids is 2. The molecule has 0 saturated heterocycles. The van der Waals surface area contributed by atoms with Crippen molar-refractivity contribution in [2.75, 3.05) is 44.5 Å². The third kappa shape index (κ3) is 23.9. The molecule has 0 aromatic rings. The van der Waals surface area contributed by atoms with Crippen LogP contribution in [-0.4, -0.2) is 124 Å². The lowest BCUT2D eigenvalue weighted by Gasteiger charge is -2.33. The van der Waals surface area contributed by atoms with Crippen LogP contribution in [0.5, 0.6) is 0 Å². The van der Waals surface area contributed by atoms with Crippen LogP contribution in [0, 0.1) is 10.8 Å².